The van der Waals surface area contributed by atoms with Gasteiger partial charge in [0.05, 0.1) is 5.75 Å². The summed E-state index contributed by atoms with van der Waals surface area (Å²) < 4.78 is 2.10. The Morgan fingerprint density at radius 2 is 2.04 bits per heavy atom. The van der Waals surface area contributed by atoms with Crippen LogP contribution in [-0.4, -0.2) is 26.4 Å². The van der Waals surface area contributed by atoms with Gasteiger partial charge in [-0.25, -0.2) is 0 Å². The molecule has 1 heterocycles. The molecule has 1 aromatic carbocycles. The molecule has 0 aliphatic heterocycles. The van der Waals surface area contributed by atoms with Crippen molar-refractivity contribution >= 4 is 23.4 Å². The molecule has 0 aliphatic rings. The van der Waals surface area contributed by atoms with Crippen LogP contribution in [0.1, 0.15) is 43.6 Å². The Kier molecular flexibility index (Phi) is 6.85. The van der Waals surface area contributed by atoms with Crippen molar-refractivity contribution in [3.05, 3.63) is 35.2 Å². The van der Waals surface area contributed by atoms with Gasteiger partial charge in [-0.2, -0.15) is 0 Å². The zero-order chi connectivity index (χ0) is 17.5. The average Bonchev–Trinajstić information content (AvgIpc) is 2.95. The topological polar surface area (TPSA) is 59.8 Å². The Morgan fingerprint density at radius 1 is 1.25 bits per heavy atom. The largest absolute Gasteiger partial charge is 0.325 e. The number of unbranched alkanes of at least 4 members (excludes halogenated alkanes) is 1. The third kappa shape index (κ3) is 4.84. The second-order valence-corrected chi connectivity index (χ2v) is 6.84. The monoisotopic (exact) mass is 346 g/mol. The lowest BCUT2D eigenvalue weighted by Gasteiger charge is -2.09. The number of thioether (sulfide) groups is 1. The highest BCUT2D eigenvalue weighted by Crippen LogP contribution is 2.20. The highest BCUT2D eigenvalue weighted by molar-refractivity contribution is 7.99. The fourth-order valence-electron chi connectivity index (χ4n) is 2.53. The highest BCUT2D eigenvalue weighted by atomic mass is 32.2. The van der Waals surface area contributed by atoms with Crippen molar-refractivity contribution in [2.24, 2.45) is 0 Å². The molecule has 1 aromatic heterocycles. The smallest absolute Gasteiger partial charge is 0.234 e. The van der Waals surface area contributed by atoms with E-state index in [1.807, 2.05) is 26.0 Å². The average molecular weight is 347 g/mol. The second kappa shape index (κ2) is 8.87. The molecule has 1 amide bonds. The van der Waals surface area contributed by atoms with Gasteiger partial charge in [-0.15, -0.1) is 10.2 Å². The number of nitrogens with one attached hydrogen (secondary N) is 1. The summed E-state index contributed by atoms with van der Waals surface area (Å²) >= 11 is 1.44. The maximum atomic E-state index is 12.2. The van der Waals surface area contributed by atoms with Crippen molar-refractivity contribution in [3.8, 4) is 0 Å². The van der Waals surface area contributed by atoms with Crippen LogP contribution in [0, 0.1) is 13.8 Å². The first-order valence-electron chi connectivity index (χ1n) is 8.47. The number of hydrogen-bond donors (Lipinski definition) is 1. The molecular formula is C18H26N4OS. The summed E-state index contributed by atoms with van der Waals surface area (Å²) in [5.74, 6) is 1.32. The van der Waals surface area contributed by atoms with Crippen LogP contribution in [0.25, 0.3) is 0 Å². The highest BCUT2D eigenvalue weighted by Gasteiger charge is 2.13. The molecule has 0 fully saturated rings. The standard InChI is InChI=1S/C18H26N4OS/c1-5-7-8-16-20-21-18(22(16)6-2)24-12-17(23)19-15-10-9-13(3)11-14(15)4/h9-11H,5-8,12H2,1-4H3,(H,19,23). The zero-order valence-corrected chi connectivity index (χ0v) is 15.7. The van der Waals surface area contributed by atoms with Gasteiger partial charge in [0.25, 0.3) is 0 Å². The van der Waals surface area contributed by atoms with Crippen molar-refractivity contribution in [2.45, 2.75) is 58.7 Å². The number of nitrogens with zero attached hydrogens (tertiary/aromatic N) is 3. The predicted octanol–water partition coefficient (Wildman–Crippen LogP) is 3.99. The number of hydrogen-bond acceptors (Lipinski definition) is 4. The maximum Gasteiger partial charge on any atom is 0.234 e. The predicted molar refractivity (Wildman–Crippen MR) is 99.6 cm³/mol. The number of carbonyl (C=O) groups excluding carboxylic acids is 1. The molecule has 5 nitrogen and oxygen atoms in total. The van der Waals surface area contributed by atoms with Gasteiger partial charge in [0, 0.05) is 18.7 Å². The molecule has 6 heteroatoms. The van der Waals surface area contributed by atoms with Crippen molar-refractivity contribution in [1.29, 1.82) is 0 Å². The Labute approximate surface area is 148 Å². The Balaban J connectivity index is 1.95. The SMILES string of the molecule is CCCCc1nnc(SCC(=O)Nc2ccc(C)cc2C)n1CC. The number of rotatable bonds is 8. The van der Waals surface area contributed by atoms with E-state index in [4.69, 9.17) is 0 Å². The molecule has 0 saturated carbocycles. The summed E-state index contributed by atoms with van der Waals surface area (Å²) in [6.07, 6.45) is 3.18. The molecule has 0 saturated heterocycles. The molecule has 1 N–H and O–H groups in total. The van der Waals surface area contributed by atoms with Crippen LogP contribution in [-0.2, 0) is 17.8 Å². The summed E-state index contributed by atoms with van der Waals surface area (Å²) in [6, 6.07) is 6.02. The van der Waals surface area contributed by atoms with E-state index >= 15 is 0 Å². The van der Waals surface area contributed by atoms with Crippen LogP contribution in [0.3, 0.4) is 0 Å². The minimum atomic E-state index is -0.0206. The van der Waals surface area contributed by atoms with E-state index in [-0.39, 0.29) is 5.91 Å². The van der Waals surface area contributed by atoms with E-state index in [0.717, 1.165) is 48.0 Å². The first-order valence-corrected chi connectivity index (χ1v) is 9.45. The lowest BCUT2D eigenvalue weighted by atomic mass is 10.1. The van der Waals surface area contributed by atoms with Gasteiger partial charge in [-0.1, -0.05) is 42.8 Å². The van der Waals surface area contributed by atoms with Crippen LogP contribution in [0.4, 0.5) is 5.69 Å². The van der Waals surface area contributed by atoms with Crippen molar-refractivity contribution < 1.29 is 4.79 Å². The van der Waals surface area contributed by atoms with Gasteiger partial charge in [-0.3, -0.25) is 4.79 Å². The van der Waals surface area contributed by atoms with Crippen molar-refractivity contribution in [2.75, 3.05) is 11.1 Å². The lowest BCUT2D eigenvalue weighted by Crippen LogP contribution is -2.15. The number of benzene rings is 1. The molecule has 0 radical (unpaired) electrons. The first-order chi connectivity index (χ1) is 11.5. The quantitative estimate of drug-likeness (QED) is 0.734. The molecule has 0 aliphatic carbocycles. The van der Waals surface area contributed by atoms with Gasteiger partial charge in [-0.05, 0) is 38.8 Å². The van der Waals surface area contributed by atoms with Gasteiger partial charge < -0.3 is 9.88 Å². The first kappa shape index (κ1) is 18.5. The Bertz CT molecular complexity index is 696. The van der Waals surface area contributed by atoms with E-state index in [2.05, 4.69) is 40.0 Å². The van der Waals surface area contributed by atoms with E-state index in [1.165, 1.54) is 17.3 Å². The third-order valence-electron chi connectivity index (χ3n) is 3.85. The second-order valence-electron chi connectivity index (χ2n) is 5.90. The van der Waals surface area contributed by atoms with Crippen LogP contribution in [0.5, 0.6) is 0 Å². The number of aryl methyl sites for hydroxylation is 3. The summed E-state index contributed by atoms with van der Waals surface area (Å²) in [5.41, 5.74) is 3.13. The van der Waals surface area contributed by atoms with Crippen LogP contribution < -0.4 is 5.32 Å². The number of anilines is 1. The Hall–Kier alpha value is -1.82. The minimum Gasteiger partial charge on any atom is -0.325 e. The van der Waals surface area contributed by atoms with Crippen LogP contribution >= 0.6 is 11.8 Å². The van der Waals surface area contributed by atoms with Crippen molar-refractivity contribution in [3.63, 3.8) is 0 Å². The fourth-order valence-corrected chi connectivity index (χ4v) is 3.35. The van der Waals surface area contributed by atoms with E-state index in [9.17, 15) is 4.79 Å². The van der Waals surface area contributed by atoms with E-state index in [0.29, 0.717) is 5.75 Å². The normalized spacial score (nSPS) is 10.8. The molecule has 0 bridgehead atoms. The molecular weight excluding hydrogens is 320 g/mol. The summed E-state index contributed by atoms with van der Waals surface area (Å²) in [4.78, 5) is 12.2. The molecule has 0 unspecified atom stereocenters. The number of carbonyl (C=O) groups is 1. The zero-order valence-electron chi connectivity index (χ0n) is 14.9. The number of amides is 1. The molecule has 2 rings (SSSR count). The fraction of sp³-hybridized carbons (Fsp3) is 0.500. The van der Waals surface area contributed by atoms with Crippen LogP contribution in [0.15, 0.2) is 23.4 Å². The molecule has 0 atom stereocenters. The van der Waals surface area contributed by atoms with Gasteiger partial charge >= 0.3 is 0 Å². The van der Waals surface area contributed by atoms with Crippen molar-refractivity contribution in [1.82, 2.24) is 14.8 Å². The summed E-state index contributed by atoms with van der Waals surface area (Å²) in [7, 11) is 0. The van der Waals surface area contributed by atoms with Crippen LogP contribution in [0.2, 0.25) is 0 Å². The molecule has 24 heavy (non-hydrogen) atoms. The molecule has 2 aromatic rings. The molecule has 130 valence electrons. The summed E-state index contributed by atoms with van der Waals surface area (Å²) in [6.45, 7) is 9.12. The van der Waals surface area contributed by atoms with E-state index in [1.54, 1.807) is 0 Å². The Morgan fingerprint density at radius 3 is 2.71 bits per heavy atom. The summed E-state index contributed by atoms with van der Waals surface area (Å²) in [5, 5.41) is 12.3. The third-order valence-corrected chi connectivity index (χ3v) is 4.82. The molecule has 0 spiro atoms. The maximum absolute atomic E-state index is 12.2. The minimum absolute atomic E-state index is 0.0206. The van der Waals surface area contributed by atoms with Gasteiger partial charge in [0.2, 0.25) is 5.91 Å². The van der Waals surface area contributed by atoms with E-state index < -0.39 is 0 Å². The number of aromatic nitrogens is 3. The lowest BCUT2D eigenvalue weighted by molar-refractivity contribution is -0.113. The van der Waals surface area contributed by atoms with Gasteiger partial charge in [0.15, 0.2) is 5.16 Å². The van der Waals surface area contributed by atoms with Gasteiger partial charge in [0.1, 0.15) is 5.82 Å².